The summed E-state index contributed by atoms with van der Waals surface area (Å²) in [5.41, 5.74) is 3.70. The Bertz CT molecular complexity index is 1560. The molecule has 0 bridgehead atoms. The first-order valence-electron chi connectivity index (χ1n) is 14.9. The Hall–Kier alpha value is -2.85. The highest BCUT2D eigenvalue weighted by Crippen LogP contribution is 2.31. The minimum absolute atomic E-state index is 0.0175. The number of nitrogens with zero attached hydrogens (tertiary/aromatic N) is 5. The third-order valence-electron chi connectivity index (χ3n) is 8.49. The van der Waals surface area contributed by atoms with Crippen LogP contribution in [-0.2, 0) is 16.4 Å². The molecule has 0 saturated carbocycles. The number of pyridine rings is 2. The van der Waals surface area contributed by atoms with Crippen molar-refractivity contribution < 1.29 is 8.42 Å². The second-order valence-corrected chi connectivity index (χ2v) is 13.8. The lowest BCUT2D eigenvalue weighted by molar-refractivity contribution is 0.231. The summed E-state index contributed by atoms with van der Waals surface area (Å²) in [5, 5.41) is 6.14. The predicted molar refractivity (Wildman–Crippen MR) is 168 cm³/mol. The number of rotatable bonds is 10. The second kappa shape index (κ2) is 12.6. The van der Waals surface area contributed by atoms with Crippen LogP contribution in [0.25, 0.3) is 21.9 Å². The summed E-state index contributed by atoms with van der Waals surface area (Å²) in [4.78, 5) is 14.3. The fourth-order valence-electron chi connectivity index (χ4n) is 6.17. The molecule has 7 nitrogen and oxygen atoms in total. The highest BCUT2D eigenvalue weighted by atomic mass is 32.2. The lowest BCUT2D eigenvalue weighted by Gasteiger charge is -2.36. The molecule has 4 aromatic rings. The minimum Gasteiger partial charge on any atom is -0.354 e. The van der Waals surface area contributed by atoms with E-state index in [-0.39, 0.29) is 11.1 Å². The van der Waals surface area contributed by atoms with Crippen molar-refractivity contribution in [2.75, 3.05) is 44.2 Å². The van der Waals surface area contributed by atoms with Crippen LogP contribution in [0, 0.1) is 0 Å². The minimum atomic E-state index is -3.66. The van der Waals surface area contributed by atoms with E-state index in [1.807, 2.05) is 30.3 Å². The fourth-order valence-corrected chi connectivity index (χ4v) is 8.69. The first-order valence-corrected chi connectivity index (χ1v) is 17.3. The summed E-state index contributed by atoms with van der Waals surface area (Å²) in [6.45, 7) is 7.47. The van der Waals surface area contributed by atoms with Crippen LogP contribution < -0.4 is 4.90 Å². The van der Waals surface area contributed by atoms with Gasteiger partial charge in [-0.3, -0.25) is 4.90 Å². The van der Waals surface area contributed by atoms with Crippen LogP contribution in [0.4, 0.5) is 5.82 Å². The summed E-state index contributed by atoms with van der Waals surface area (Å²) < 4.78 is 29.2. The van der Waals surface area contributed by atoms with Crippen LogP contribution in [0.2, 0.25) is 0 Å². The lowest BCUT2D eigenvalue weighted by Crippen LogP contribution is -2.48. The smallest absolute Gasteiger partial charge is 0.261 e. The molecule has 2 saturated heterocycles. The number of hydrogen-bond donors (Lipinski definition) is 0. The highest BCUT2D eigenvalue weighted by Gasteiger charge is 2.37. The molecule has 0 spiro atoms. The van der Waals surface area contributed by atoms with E-state index < -0.39 is 10.0 Å². The predicted octanol–water partition coefficient (Wildman–Crippen LogP) is 6.07. The third kappa shape index (κ3) is 6.18. The van der Waals surface area contributed by atoms with Gasteiger partial charge in [0.05, 0.1) is 0 Å². The van der Waals surface area contributed by atoms with E-state index in [4.69, 9.17) is 4.98 Å². The zero-order chi connectivity index (χ0) is 28.2. The number of fused-ring (bicyclic) bond motifs is 1. The average Bonchev–Trinajstić information content (AvgIpc) is 3.72. The van der Waals surface area contributed by atoms with Crippen LogP contribution >= 0.6 is 11.3 Å². The largest absolute Gasteiger partial charge is 0.354 e. The molecule has 1 aromatic carbocycles. The maximum Gasteiger partial charge on any atom is 0.261 e. The van der Waals surface area contributed by atoms with Crippen molar-refractivity contribution in [3.8, 4) is 11.1 Å². The van der Waals surface area contributed by atoms with Gasteiger partial charge in [-0.15, -0.1) is 0 Å². The van der Waals surface area contributed by atoms with Gasteiger partial charge in [0.25, 0.3) is 10.0 Å². The molecule has 6 rings (SSSR count). The lowest BCUT2D eigenvalue weighted by atomic mass is 10.1. The molecule has 2 aliphatic rings. The molecule has 9 heteroatoms. The van der Waals surface area contributed by atoms with Gasteiger partial charge in [0, 0.05) is 56.0 Å². The zero-order valence-electron chi connectivity index (χ0n) is 23.8. The van der Waals surface area contributed by atoms with Crippen LogP contribution in [0.15, 0.2) is 70.5 Å². The van der Waals surface area contributed by atoms with Crippen molar-refractivity contribution in [3.05, 3.63) is 71.2 Å². The molecule has 41 heavy (non-hydrogen) atoms. The maximum absolute atomic E-state index is 13.8. The number of anilines is 1. The Balaban J connectivity index is 1.09. The van der Waals surface area contributed by atoms with E-state index in [9.17, 15) is 8.42 Å². The molecule has 0 radical (unpaired) electrons. The Labute approximate surface area is 247 Å². The second-order valence-electron chi connectivity index (χ2n) is 11.2. The molecule has 0 aliphatic carbocycles. The van der Waals surface area contributed by atoms with Crippen molar-refractivity contribution >= 4 is 38.0 Å². The molecule has 1 unspecified atom stereocenters. The SMILES string of the molecule is CCCCc1cc(-c2ccsc2)cc(N2CCN(CCC3CCCN3S(=O)(=O)c3nccc4ccccc34)CC2)n1. The van der Waals surface area contributed by atoms with E-state index in [0.717, 1.165) is 82.5 Å². The van der Waals surface area contributed by atoms with Gasteiger partial charge in [0.1, 0.15) is 5.82 Å². The molecule has 0 N–H and O–H groups in total. The van der Waals surface area contributed by atoms with Crippen molar-refractivity contribution in [3.63, 3.8) is 0 Å². The monoisotopic (exact) mass is 589 g/mol. The van der Waals surface area contributed by atoms with E-state index in [1.54, 1.807) is 21.8 Å². The van der Waals surface area contributed by atoms with Gasteiger partial charge in [-0.05, 0) is 90.2 Å². The van der Waals surface area contributed by atoms with E-state index in [1.165, 1.54) is 16.8 Å². The van der Waals surface area contributed by atoms with Crippen LogP contribution in [-0.4, -0.2) is 72.9 Å². The summed E-state index contributed by atoms with van der Waals surface area (Å²) in [5.74, 6) is 1.08. The van der Waals surface area contributed by atoms with Crippen molar-refractivity contribution in [1.82, 2.24) is 19.2 Å². The summed E-state index contributed by atoms with van der Waals surface area (Å²) >= 11 is 1.73. The summed E-state index contributed by atoms with van der Waals surface area (Å²) in [7, 11) is -3.66. The first kappa shape index (κ1) is 28.3. The van der Waals surface area contributed by atoms with E-state index in [2.05, 4.69) is 50.7 Å². The highest BCUT2D eigenvalue weighted by molar-refractivity contribution is 7.89. The van der Waals surface area contributed by atoms with Gasteiger partial charge < -0.3 is 4.90 Å². The standard InChI is InChI=1S/C32H39N5O2S2/c1-2-3-8-28-22-27(26-13-21-40-24-26)23-31(34-28)36-19-17-35(18-20-36)16-12-29-9-6-15-37(29)41(38,39)32-30-10-5-4-7-25(30)11-14-33-32/h4-5,7,10-11,13-14,21-24,29H,2-3,6,8-9,12,15-20H2,1H3. The molecular weight excluding hydrogens is 551 g/mol. The maximum atomic E-state index is 13.8. The molecule has 216 valence electrons. The fraction of sp³-hybridized carbons (Fsp3) is 0.438. The van der Waals surface area contributed by atoms with Gasteiger partial charge >= 0.3 is 0 Å². The van der Waals surface area contributed by atoms with Crippen molar-refractivity contribution in [2.24, 2.45) is 0 Å². The number of hydrogen-bond acceptors (Lipinski definition) is 7. The van der Waals surface area contributed by atoms with Crippen LogP contribution in [0.5, 0.6) is 0 Å². The number of benzene rings is 1. The van der Waals surface area contributed by atoms with Gasteiger partial charge in [-0.25, -0.2) is 18.4 Å². The summed E-state index contributed by atoms with van der Waals surface area (Å²) in [6, 6.07) is 16.2. The number of piperazine rings is 1. The molecule has 1 atom stereocenters. The van der Waals surface area contributed by atoms with E-state index >= 15 is 0 Å². The van der Waals surface area contributed by atoms with Gasteiger partial charge in [-0.2, -0.15) is 15.6 Å². The molecule has 2 fully saturated rings. The quantitative estimate of drug-likeness (QED) is 0.224. The topological polar surface area (TPSA) is 69.6 Å². The van der Waals surface area contributed by atoms with Crippen LogP contribution in [0.3, 0.4) is 0 Å². The normalized spacial score (nSPS) is 18.9. The third-order valence-corrected chi connectivity index (χ3v) is 11.1. The number of aromatic nitrogens is 2. The van der Waals surface area contributed by atoms with Gasteiger partial charge in [0.2, 0.25) is 0 Å². The average molecular weight is 590 g/mol. The first-order chi connectivity index (χ1) is 20.0. The van der Waals surface area contributed by atoms with E-state index in [0.29, 0.717) is 11.9 Å². The number of aryl methyl sites for hydroxylation is 1. The molecule has 3 aromatic heterocycles. The molecule has 2 aliphatic heterocycles. The Morgan fingerprint density at radius 1 is 1.00 bits per heavy atom. The number of thiophene rings is 1. The van der Waals surface area contributed by atoms with Gasteiger partial charge in [0.15, 0.2) is 5.03 Å². The Morgan fingerprint density at radius 3 is 2.66 bits per heavy atom. The molecular formula is C32H39N5O2S2. The summed E-state index contributed by atoms with van der Waals surface area (Å²) in [6.07, 6.45) is 7.58. The zero-order valence-corrected chi connectivity index (χ0v) is 25.4. The van der Waals surface area contributed by atoms with Crippen molar-refractivity contribution in [1.29, 1.82) is 0 Å². The Morgan fingerprint density at radius 2 is 1.85 bits per heavy atom. The Kier molecular flexibility index (Phi) is 8.67. The van der Waals surface area contributed by atoms with Crippen LogP contribution in [0.1, 0.15) is 44.7 Å². The van der Waals surface area contributed by atoms with Gasteiger partial charge in [-0.1, -0.05) is 37.6 Å². The number of sulfonamides is 1. The van der Waals surface area contributed by atoms with Crippen molar-refractivity contribution in [2.45, 2.75) is 56.5 Å². The molecule has 5 heterocycles. The molecule has 0 amide bonds. The number of unbranched alkanes of at least 4 members (excludes halogenated alkanes) is 1.